The maximum atomic E-state index is 11.8. The van der Waals surface area contributed by atoms with Crippen molar-refractivity contribution >= 4 is 5.91 Å². The molecule has 2 nitrogen and oxygen atoms in total. The molecule has 0 spiro atoms. The van der Waals surface area contributed by atoms with Crippen molar-refractivity contribution in [3.8, 4) is 0 Å². The summed E-state index contributed by atoms with van der Waals surface area (Å²) in [6.45, 7) is 43.2. The van der Waals surface area contributed by atoms with Crippen LogP contribution in [0.4, 0.5) is 0 Å². The van der Waals surface area contributed by atoms with Gasteiger partial charge in [-0.2, -0.15) is 0 Å². The Labute approximate surface area is 268 Å². The molecule has 1 aromatic carbocycles. The molecule has 0 saturated carbocycles. The summed E-state index contributed by atoms with van der Waals surface area (Å²) in [5, 5.41) is 0. The Morgan fingerprint density at radius 2 is 1.21 bits per heavy atom. The van der Waals surface area contributed by atoms with Crippen LogP contribution in [-0.4, -0.2) is 16.8 Å². The van der Waals surface area contributed by atoms with E-state index in [2.05, 4.69) is 57.0 Å². The minimum absolute atomic E-state index is 0. The van der Waals surface area contributed by atoms with E-state index < -0.39 is 0 Å². The zero-order valence-corrected chi connectivity index (χ0v) is 30.6. The highest BCUT2D eigenvalue weighted by Crippen LogP contribution is 2.31. The molecule has 1 saturated heterocycles. The number of rotatable bonds is 8. The van der Waals surface area contributed by atoms with Crippen molar-refractivity contribution in [2.75, 3.05) is 0 Å². The van der Waals surface area contributed by atoms with Crippen molar-refractivity contribution in [1.29, 1.82) is 0 Å². The molecular formula is C40H77NO. The first-order chi connectivity index (χ1) is 20.1. The zero-order valence-electron chi connectivity index (χ0n) is 30.6. The molecule has 2 heteroatoms. The van der Waals surface area contributed by atoms with Crippen LogP contribution < -0.4 is 0 Å². The fourth-order valence-corrected chi connectivity index (χ4v) is 2.91. The van der Waals surface area contributed by atoms with Crippen LogP contribution in [0.5, 0.6) is 0 Å². The Balaban J connectivity index is -0.0000000679. The molecule has 1 fully saturated rings. The largest absolute Gasteiger partial charge is 0.304 e. The van der Waals surface area contributed by atoms with Crippen molar-refractivity contribution in [3.63, 3.8) is 0 Å². The van der Waals surface area contributed by atoms with Crippen molar-refractivity contribution in [3.05, 3.63) is 109 Å². The van der Waals surface area contributed by atoms with Gasteiger partial charge in [0, 0.05) is 5.70 Å². The van der Waals surface area contributed by atoms with Crippen LogP contribution >= 0.6 is 0 Å². The van der Waals surface area contributed by atoms with E-state index in [0.29, 0.717) is 6.42 Å². The van der Waals surface area contributed by atoms with E-state index in [-0.39, 0.29) is 19.4 Å². The lowest BCUT2D eigenvalue weighted by molar-refractivity contribution is -0.140. The van der Waals surface area contributed by atoms with E-state index in [4.69, 9.17) is 0 Å². The maximum absolute atomic E-state index is 11.8. The first kappa shape index (κ1) is 58.7. The van der Waals surface area contributed by atoms with E-state index in [1.165, 1.54) is 18.4 Å². The number of allylic oxidation sites excluding steroid dienone is 6. The Morgan fingerprint density at radius 3 is 1.52 bits per heavy atom. The number of β-lactam (4-membered cyclic amide) rings is 1. The molecule has 1 heterocycles. The van der Waals surface area contributed by atoms with Gasteiger partial charge in [-0.05, 0) is 36.6 Å². The Bertz CT molecular complexity index is 723. The topological polar surface area (TPSA) is 20.3 Å². The second-order valence-electron chi connectivity index (χ2n) is 6.15. The molecule has 0 aliphatic carbocycles. The summed E-state index contributed by atoms with van der Waals surface area (Å²) in [6, 6.07) is 10.6. The number of nitrogens with zero attached hydrogens (tertiary/aromatic N) is 1. The van der Waals surface area contributed by atoms with Crippen LogP contribution in [0.3, 0.4) is 0 Å². The van der Waals surface area contributed by atoms with E-state index in [1.54, 1.807) is 29.2 Å². The molecule has 1 aromatic rings. The minimum Gasteiger partial charge on any atom is -0.304 e. The van der Waals surface area contributed by atoms with Crippen LogP contribution in [-0.2, 0) is 11.2 Å². The summed E-state index contributed by atoms with van der Waals surface area (Å²) in [5.74, 6) is 0.104. The third kappa shape index (κ3) is 31.7. The first-order valence-electron chi connectivity index (χ1n) is 16.4. The Morgan fingerprint density at radius 1 is 0.786 bits per heavy atom. The average molecular weight is 588 g/mol. The van der Waals surface area contributed by atoms with E-state index >= 15 is 0 Å². The number of benzene rings is 1. The Hall–Kier alpha value is -2.87. The molecule has 42 heavy (non-hydrogen) atoms. The van der Waals surface area contributed by atoms with Gasteiger partial charge < -0.3 is 4.90 Å². The van der Waals surface area contributed by atoms with Gasteiger partial charge in [-0.15, -0.1) is 0 Å². The second kappa shape index (κ2) is 57.9. The summed E-state index contributed by atoms with van der Waals surface area (Å²) in [4.78, 5) is 13.5. The molecule has 1 aliphatic rings. The van der Waals surface area contributed by atoms with Gasteiger partial charge in [0.15, 0.2) is 0 Å². The second-order valence-corrected chi connectivity index (χ2v) is 6.15. The lowest BCUT2D eigenvalue weighted by Gasteiger charge is -2.41. The van der Waals surface area contributed by atoms with Gasteiger partial charge in [-0.25, -0.2) is 0 Å². The van der Waals surface area contributed by atoms with Crippen LogP contribution in [0, 0.1) is 0 Å². The number of carbonyl (C=O) groups is 1. The van der Waals surface area contributed by atoms with Gasteiger partial charge in [0.1, 0.15) is 0 Å². The standard InChI is InChI=1S/C16H19NO.C9H12.7C2H6.CH4/c1-5-9-13(10-6-2)15-12-16(18)17(15)14(8-4)11-7-3;1-2-6-9-7-4-3-5-8-9;7*1-2;/h5-11,15H,1,3-4,12H2,2H3;3-5,7-8H,2,6H2,1H3;7*1-2H3;1H4/b10-6-,13-9+,14-11+;;;;;;;;;/t15-;;;;;;;;;/m0........./s1. The van der Waals surface area contributed by atoms with E-state index in [9.17, 15) is 4.79 Å². The monoisotopic (exact) mass is 588 g/mol. The first-order valence-corrected chi connectivity index (χ1v) is 16.4. The van der Waals surface area contributed by atoms with Gasteiger partial charge in [0.25, 0.3) is 0 Å². The van der Waals surface area contributed by atoms with Crippen LogP contribution in [0.25, 0.3) is 0 Å². The molecule has 248 valence electrons. The van der Waals surface area contributed by atoms with Crippen molar-refractivity contribution in [2.45, 2.75) is 144 Å². The molecule has 0 aromatic heterocycles. The minimum atomic E-state index is 0. The summed E-state index contributed by atoms with van der Waals surface area (Å²) < 4.78 is 0. The number of hydrogen-bond acceptors (Lipinski definition) is 1. The average Bonchev–Trinajstić information content (AvgIpc) is 3.07. The maximum Gasteiger partial charge on any atom is 0.230 e. The van der Waals surface area contributed by atoms with Gasteiger partial charge >= 0.3 is 0 Å². The third-order valence-electron chi connectivity index (χ3n) is 4.16. The fraction of sp³-hybridized carbons (Fsp3) is 0.525. The predicted octanol–water partition coefficient (Wildman–Crippen LogP) is 14.0. The highest BCUT2D eigenvalue weighted by atomic mass is 16.2. The van der Waals surface area contributed by atoms with Crippen LogP contribution in [0.2, 0.25) is 0 Å². The smallest absolute Gasteiger partial charge is 0.230 e. The normalized spacial score (nSPS) is 12.0. The lowest BCUT2D eigenvalue weighted by atomic mass is 9.92. The fourth-order valence-electron chi connectivity index (χ4n) is 2.91. The molecule has 0 unspecified atom stereocenters. The molecular weight excluding hydrogens is 510 g/mol. The molecule has 0 bridgehead atoms. The number of aryl methyl sites for hydroxylation is 1. The van der Waals surface area contributed by atoms with Crippen molar-refractivity contribution in [2.24, 2.45) is 0 Å². The van der Waals surface area contributed by atoms with Gasteiger partial charge in [0.05, 0.1) is 12.5 Å². The van der Waals surface area contributed by atoms with Crippen molar-refractivity contribution < 1.29 is 4.79 Å². The number of amides is 1. The lowest BCUT2D eigenvalue weighted by Crippen LogP contribution is -2.52. The summed E-state index contributed by atoms with van der Waals surface area (Å²) in [6.07, 6.45) is 15.7. The summed E-state index contributed by atoms with van der Waals surface area (Å²) >= 11 is 0. The molecule has 2 rings (SSSR count). The van der Waals surface area contributed by atoms with Crippen LogP contribution in [0.1, 0.15) is 137 Å². The number of carbonyl (C=O) groups excluding carboxylic acids is 1. The van der Waals surface area contributed by atoms with Gasteiger partial charge in [-0.1, -0.05) is 198 Å². The van der Waals surface area contributed by atoms with Gasteiger partial charge in [-0.3, -0.25) is 4.79 Å². The Kier molecular flexibility index (Phi) is 80.9. The SMILES string of the molecule is C.C=C/C=C(\C=C/C)[C@@H]1CC(=O)N1/C(C=C)=C/C=C.CC.CC.CC.CC.CC.CC.CC.CCCc1ccccc1. The number of hydrogen-bond donors (Lipinski definition) is 0. The summed E-state index contributed by atoms with van der Waals surface area (Å²) in [5.41, 5.74) is 3.30. The van der Waals surface area contributed by atoms with E-state index in [0.717, 1.165) is 11.3 Å². The summed E-state index contributed by atoms with van der Waals surface area (Å²) in [7, 11) is 0. The quantitative estimate of drug-likeness (QED) is 0.219. The van der Waals surface area contributed by atoms with Crippen LogP contribution in [0.15, 0.2) is 104 Å². The molecule has 1 amide bonds. The molecule has 0 radical (unpaired) electrons. The molecule has 1 atom stereocenters. The third-order valence-corrected chi connectivity index (χ3v) is 4.16. The molecule has 0 N–H and O–H groups in total. The highest BCUT2D eigenvalue weighted by molar-refractivity contribution is 5.87. The zero-order chi connectivity index (χ0) is 34.1. The van der Waals surface area contributed by atoms with E-state index in [1.807, 2.05) is 122 Å². The molecule has 1 aliphatic heterocycles. The highest BCUT2D eigenvalue weighted by Gasteiger charge is 2.38. The predicted molar refractivity (Wildman–Crippen MR) is 203 cm³/mol. The van der Waals surface area contributed by atoms with Gasteiger partial charge in [0.2, 0.25) is 5.91 Å². The van der Waals surface area contributed by atoms with Crippen molar-refractivity contribution in [1.82, 2.24) is 4.90 Å². The number of likely N-dealkylation sites (tertiary alicyclic amines) is 1.